The molecule has 0 spiro atoms. The second kappa shape index (κ2) is 7.77. The van der Waals surface area contributed by atoms with Crippen LogP contribution in [0.25, 0.3) is 0 Å². The van der Waals surface area contributed by atoms with Crippen molar-refractivity contribution in [2.75, 3.05) is 32.9 Å². The topological polar surface area (TPSA) is 61.8 Å². The van der Waals surface area contributed by atoms with E-state index in [9.17, 15) is 8.42 Å². The molecule has 0 aromatic heterocycles. The lowest BCUT2D eigenvalue weighted by Gasteiger charge is -2.22. The average molecular weight is 364 g/mol. The molecule has 6 heteroatoms. The third-order valence-corrected chi connectivity index (χ3v) is 6.66. The fourth-order valence-corrected chi connectivity index (χ4v) is 4.76. The van der Waals surface area contributed by atoms with Crippen molar-refractivity contribution < 1.29 is 8.42 Å². The zero-order valence-corrected chi connectivity index (χ0v) is 16.1. The molecule has 1 aromatic rings. The fraction of sp³-hybridized carbons (Fsp3) is 0.632. The van der Waals surface area contributed by atoms with Gasteiger partial charge in [-0.3, -0.25) is 4.99 Å². The van der Waals surface area contributed by atoms with E-state index in [1.807, 2.05) is 19.2 Å². The molecule has 0 bridgehead atoms. The maximum Gasteiger partial charge on any atom is 0.193 e. The highest BCUT2D eigenvalue weighted by atomic mass is 32.2. The van der Waals surface area contributed by atoms with Crippen molar-refractivity contribution in [3.63, 3.8) is 0 Å². The van der Waals surface area contributed by atoms with Crippen molar-refractivity contribution in [1.82, 2.24) is 10.2 Å². The third kappa shape index (κ3) is 4.54. The van der Waals surface area contributed by atoms with Crippen LogP contribution in [0.15, 0.2) is 34.2 Å². The maximum absolute atomic E-state index is 11.5. The first-order chi connectivity index (χ1) is 12.0. The highest BCUT2D eigenvalue weighted by Crippen LogP contribution is 2.35. The molecule has 25 heavy (non-hydrogen) atoms. The highest BCUT2D eigenvalue weighted by molar-refractivity contribution is 7.90. The molecule has 0 amide bonds. The number of benzene rings is 1. The van der Waals surface area contributed by atoms with Gasteiger partial charge in [-0.2, -0.15) is 0 Å². The first-order valence-corrected chi connectivity index (χ1v) is 11.1. The summed E-state index contributed by atoms with van der Waals surface area (Å²) in [5, 5.41) is 3.47. The van der Waals surface area contributed by atoms with E-state index >= 15 is 0 Å². The Hall–Kier alpha value is -1.56. The summed E-state index contributed by atoms with van der Waals surface area (Å²) < 4.78 is 23.0. The summed E-state index contributed by atoms with van der Waals surface area (Å²) >= 11 is 0. The van der Waals surface area contributed by atoms with E-state index in [1.165, 1.54) is 31.9 Å². The van der Waals surface area contributed by atoms with E-state index in [-0.39, 0.29) is 0 Å². The molecule has 1 aromatic carbocycles. The molecular weight excluding hydrogens is 334 g/mol. The Morgan fingerprint density at radius 3 is 2.28 bits per heavy atom. The molecule has 1 N–H and O–H groups in total. The van der Waals surface area contributed by atoms with Crippen molar-refractivity contribution in [3.05, 3.63) is 29.8 Å². The normalized spacial score (nSPS) is 24.2. The van der Waals surface area contributed by atoms with Crippen LogP contribution in [0.4, 0.5) is 0 Å². The average Bonchev–Trinajstić information content (AvgIpc) is 3.02. The van der Waals surface area contributed by atoms with Gasteiger partial charge in [-0.1, -0.05) is 25.0 Å². The lowest BCUT2D eigenvalue weighted by molar-refractivity contribution is 0.299. The summed E-state index contributed by atoms with van der Waals surface area (Å²) in [6.45, 7) is 3.07. The van der Waals surface area contributed by atoms with Gasteiger partial charge in [0.1, 0.15) is 0 Å². The van der Waals surface area contributed by atoms with Crippen LogP contribution >= 0.6 is 0 Å². The monoisotopic (exact) mass is 363 g/mol. The highest BCUT2D eigenvalue weighted by Gasteiger charge is 2.35. The molecule has 0 radical (unpaired) electrons. The number of hydrogen-bond donors (Lipinski definition) is 1. The number of rotatable bonds is 4. The van der Waals surface area contributed by atoms with Gasteiger partial charge in [0.05, 0.1) is 4.90 Å². The van der Waals surface area contributed by atoms with E-state index in [4.69, 9.17) is 0 Å². The van der Waals surface area contributed by atoms with Crippen LogP contribution in [-0.2, 0) is 16.3 Å². The number of guanidine groups is 1. The number of nitrogens with one attached hydrogen (secondary N) is 1. The molecule has 1 heterocycles. The van der Waals surface area contributed by atoms with Gasteiger partial charge in [0.25, 0.3) is 0 Å². The van der Waals surface area contributed by atoms with Crippen LogP contribution in [0, 0.1) is 11.8 Å². The molecule has 1 saturated heterocycles. The number of nitrogens with zero attached hydrogens (tertiary/aromatic N) is 2. The predicted octanol–water partition coefficient (Wildman–Crippen LogP) is 2.33. The van der Waals surface area contributed by atoms with E-state index < -0.39 is 9.84 Å². The molecule has 5 nitrogen and oxygen atoms in total. The zero-order chi connectivity index (χ0) is 17.9. The Balaban J connectivity index is 1.50. The molecule has 3 rings (SSSR count). The number of hydrogen-bond acceptors (Lipinski definition) is 3. The smallest absolute Gasteiger partial charge is 0.193 e. The minimum absolute atomic E-state index is 0.375. The van der Waals surface area contributed by atoms with Crippen LogP contribution in [0.5, 0.6) is 0 Å². The van der Waals surface area contributed by atoms with Crippen molar-refractivity contribution >= 4 is 15.8 Å². The molecule has 2 unspecified atom stereocenters. The zero-order valence-electron chi connectivity index (χ0n) is 15.2. The predicted molar refractivity (Wildman–Crippen MR) is 102 cm³/mol. The van der Waals surface area contributed by atoms with Gasteiger partial charge in [0, 0.05) is 32.9 Å². The molecule has 1 saturated carbocycles. The SMILES string of the molecule is CN=C(NCCc1ccc(S(C)(=O)=O)cc1)N1CC2CCCCC2C1. The maximum atomic E-state index is 11.5. The van der Waals surface area contributed by atoms with Gasteiger partial charge in [-0.25, -0.2) is 8.42 Å². The Bertz CT molecular complexity index is 699. The number of likely N-dealkylation sites (tertiary alicyclic amines) is 1. The summed E-state index contributed by atoms with van der Waals surface area (Å²) in [4.78, 5) is 7.24. The molecule has 2 aliphatic rings. The Kier molecular flexibility index (Phi) is 5.67. The van der Waals surface area contributed by atoms with E-state index in [0.29, 0.717) is 4.90 Å². The third-order valence-electron chi connectivity index (χ3n) is 5.54. The summed E-state index contributed by atoms with van der Waals surface area (Å²) in [5.74, 6) is 2.69. The van der Waals surface area contributed by atoms with Crippen molar-refractivity contribution in [2.45, 2.75) is 37.0 Å². The molecule has 1 aliphatic heterocycles. The summed E-state index contributed by atoms with van der Waals surface area (Å²) in [6, 6.07) is 7.16. The van der Waals surface area contributed by atoms with Crippen LogP contribution < -0.4 is 5.32 Å². The van der Waals surface area contributed by atoms with Crippen LogP contribution in [0.1, 0.15) is 31.2 Å². The Morgan fingerprint density at radius 2 is 1.76 bits per heavy atom. The largest absolute Gasteiger partial charge is 0.356 e. The number of fused-ring (bicyclic) bond motifs is 1. The Morgan fingerprint density at radius 1 is 1.16 bits per heavy atom. The minimum atomic E-state index is -3.12. The second-order valence-electron chi connectivity index (χ2n) is 7.35. The first-order valence-electron chi connectivity index (χ1n) is 9.22. The van der Waals surface area contributed by atoms with Crippen molar-refractivity contribution in [2.24, 2.45) is 16.8 Å². The molecule has 2 atom stereocenters. The van der Waals surface area contributed by atoms with Gasteiger partial charge >= 0.3 is 0 Å². The molecule has 2 fully saturated rings. The lowest BCUT2D eigenvalue weighted by Crippen LogP contribution is -2.41. The van der Waals surface area contributed by atoms with Gasteiger partial charge in [-0.05, 0) is 48.8 Å². The van der Waals surface area contributed by atoms with E-state index in [0.717, 1.165) is 49.4 Å². The Labute approximate surface area is 151 Å². The summed E-state index contributed by atoms with van der Waals surface area (Å²) in [7, 11) is -1.27. The van der Waals surface area contributed by atoms with Gasteiger partial charge in [0.15, 0.2) is 15.8 Å². The van der Waals surface area contributed by atoms with Gasteiger partial charge in [-0.15, -0.1) is 0 Å². The number of sulfone groups is 1. The minimum Gasteiger partial charge on any atom is -0.356 e. The summed E-state index contributed by atoms with van der Waals surface area (Å²) in [5.41, 5.74) is 1.13. The fourth-order valence-electron chi connectivity index (χ4n) is 4.13. The van der Waals surface area contributed by atoms with Crippen LogP contribution in [-0.4, -0.2) is 52.2 Å². The number of aliphatic imine (C=N–C) groups is 1. The first kappa shape index (κ1) is 18.2. The molecule has 138 valence electrons. The lowest BCUT2D eigenvalue weighted by atomic mass is 9.82. The quantitative estimate of drug-likeness (QED) is 0.659. The van der Waals surface area contributed by atoms with E-state index in [2.05, 4.69) is 15.2 Å². The standard InChI is InChI=1S/C19H29N3O2S/c1-20-19(22-13-16-5-3-4-6-17(16)14-22)21-12-11-15-7-9-18(10-8-15)25(2,23)24/h7-10,16-17H,3-6,11-14H2,1-2H3,(H,20,21). The van der Waals surface area contributed by atoms with Gasteiger partial charge < -0.3 is 10.2 Å². The van der Waals surface area contributed by atoms with Crippen LogP contribution in [0.3, 0.4) is 0 Å². The summed E-state index contributed by atoms with van der Waals surface area (Å²) in [6.07, 6.45) is 7.58. The van der Waals surface area contributed by atoms with Gasteiger partial charge in [0.2, 0.25) is 0 Å². The second-order valence-corrected chi connectivity index (χ2v) is 9.37. The van der Waals surface area contributed by atoms with E-state index in [1.54, 1.807) is 12.1 Å². The van der Waals surface area contributed by atoms with Crippen LogP contribution in [0.2, 0.25) is 0 Å². The van der Waals surface area contributed by atoms with Crippen molar-refractivity contribution in [1.29, 1.82) is 0 Å². The molecule has 1 aliphatic carbocycles. The molecular formula is C19H29N3O2S. The van der Waals surface area contributed by atoms with Crippen molar-refractivity contribution in [3.8, 4) is 0 Å².